The van der Waals surface area contributed by atoms with Gasteiger partial charge in [0.05, 0.1) is 0 Å². The van der Waals surface area contributed by atoms with Crippen molar-refractivity contribution in [1.82, 2.24) is 0 Å². The molecule has 0 heterocycles. The van der Waals surface area contributed by atoms with Gasteiger partial charge in [0, 0.05) is 0 Å². The topological polar surface area (TPSA) is 0 Å². The van der Waals surface area contributed by atoms with E-state index in [0.717, 1.165) is 0 Å². The number of hydrogen-bond donors (Lipinski definition) is 0. The van der Waals surface area contributed by atoms with Crippen molar-refractivity contribution in [3.8, 4) is 0 Å². The van der Waals surface area contributed by atoms with Crippen molar-refractivity contribution < 1.29 is 0 Å². The molecule has 0 amide bonds. The lowest BCUT2D eigenvalue weighted by Crippen LogP contribution is -1.84. The van der Waals surface area contributed by atoms with Gasteiger partial charge in [0.25, 0.3) is 0 Å². The van der Waals surface area contributed by atoms with Crippen LogP contribution in [0.5, 0.6) is 0 Å². The zero-order valence-corrected chi connectivity index (χ0v) is 6.78. The smallest absolute Gasteiger partial charge is 0.0346 e. The Balaban J connectivity index is 3.20. The standard InChI is InChI=1S/C9H17/c1-8(2)6-5-7-9(3)4/h7-8H,1,5-6H2,2-4H3. The van der Waals surface area contributed by atoms with Crippen LogP contribution in [-0.4, -0.2) is 0 Å². The van der Waals surface area contributed by atoms with Crippen molar-refractivity contribution in [2.45, 2.75) is 33.6 Å². The van der Waals surface area contributed by atoms with Crippen molar-refractivity contribution in [3.63, 3.8) is 0 Å². The Morgan fingerprint density at radius 3 is 2.44 bits per heavy atom. The molecule has 0 aliphatic heterocycles. The van der Waals surface area contributed by atoms with Crippen molar-refractivity contribution in [2.75, 3.05) is 0 Å². The third kappa shape index (κ3) is 7.74. The van der Waals surface area contributed by atoms with Crippen LogP contribution in [0.1, 0.15) is 33.6 Å². The van der Waals surface area contributed by atoms with E-state index in [0.29, 0.717) is 5.92 Å². The average molecular weight is 125 g/mol. The molecular weight excluding hydrogens is 108 g/mol. The van der Waals surface area contributed by atoms with Crippen LogP contribution in [0.2, 0.25) is 0 Å². The van der Waals surface area contributed by atoms with E-state index in [2.05, 4.69) is 33.8 Å². The first-order valence-electron chi connectivity index (χ1n) is 3.59. The predicted octanol–water partition coefficient (Wildman–Crippen LogP) is 3.20. The van der Waals surface area contributed by atoms with E-state index in [1.54, 1.807) is 0 Å². The van der Waals surface area contributed by atoms with Crippen LogP contribution < -0.4 is 0 Å². The first kappa shape index (κ1) is 8.74. The first-order chi connectivity index (χ1) is 4.13. The summed E-state index contributed by atoms with van der Waals surface area (Å²) in [5, 5.41) is 0. The highest BCUT2D eigenvalue weighted by Crippen LogP contribution is 2.04. The van der Waals surface area contributed by atoms with Gasteiger partial charge < -0.3 is 0 Å². The summed E-state index contributed by atoms with van der Waals surface area (Å²) >= 11 is 0. The molecule has 0 saturated carbocycles. The lowest BCUT2D eigenvalue weighted by atomic mass is 10.1. The third-order valence-corrected chi connectivity index (χ3v) is 1.21. The molecule has 1 unspecified atom stereocenters. The fraction of sp³-hybridized carbons (Fsp3) is 0.667. The Kier molecular flexibility index (Phi) is 4.47. The fourth-order valence-corrected chi connectivity index (χ4v) is 0.657. The van der Waals surface area contributed by atoms with E-state index in [1.165, 1.54) is 18.4 Å². The molecule has 53 valence electrons. The van der Waals surface area contributed by atoms with Crippen LogP contribution in [0.3, 0.4) is 0 Å². The maximum Gasteiger partial charge on any atom is -0.0346 e. The molecule has 0 N–H and O–H groups in total. The Hall–Kier alpha value is -0.260. The fourth-order valence-electron chi connectivity index (χ4n) is 0.657. The molecule has 0 spiro atoms. The van der Waals surface area contributed by atoms with Crippen molar-refractivity contribution >= 4 is 0 Å². The van der Waals surface area contributed by atoms with Gasteiger partial charge in [-0.25, -0.2) is 0 Å². The van der Waals surface area contributed by atoms with Crippen molar-refractivity contribution in [1.29, 1.82) is 0 Å². The molecule has 0 rings (SSSR count). The third-order valence-electron chi connectivity index (χ3n) is 1.21. The van der Waals surface area contributed by atoms with E-state index < -0.39 is 0 Å². The second-order valence-corrected chi connectivity index (χ2v) is 2.96. The molecule has 0 aromatic carbocycles. The summed E-state index contributed by atoms with van der Waals surface area (Å²) in [6.45, 7) is 10.3. The van der Waals surface area contributed by atoms with Gasteiger partial charge in [0.1, 0.15) is 0 Å². The van der Waals surface area contributed by atoms with E-state index >= 15 is 0 Å². The molecule has 0 aromatic rings. The van der Waals surface area contributed by atoms with Crippen LogP contribution in [0.15, 0.2) is 11.6 Å². The minimum Gasteiger partial charge on any atom is -0.0859 e. The molecule has 1 radical (unpaired) electrons. The van der Waals surface area contributed by atoms with Gasteiger partial charge in [-0.2, -0.15) is 0 Å². The SMILES string of the molecule is [CH2]C(C)CCC=C(C)C. The molecular formula is C9H17. The van der Waals surface area contributed by atoms with Gasteiger partial charge in [-0.05, 0) is 32.6 Å². The summed E-state index contributed by atoms with van der Waals surface area (Å²) in [6, 6.07) is 0. The Bertz CT molecular complexity index is 84.2. The van der Waals surface area contributed by atoms with E-state index in [1.807, 2.05) is 0 Å². The molecule has 0 fully saturated rings. The second kappa shape index (κ2) is 4.60. The summed E-state index contributed by atoms with van der Waals surface area (Å²) in [4.78, 5) is 0. The zero-order chi connectivity index (χ0) is 7.28. The lowest BCUT2D eigenvalue weighted by molar-refractivity contribution is 0.652. The monoisotopic (exact) mass is 125 g/mol. The van der Waals surface area contributed by atoms with Gasteiger partial charge in [-0.3, -0.25) is 0 Å². The average Bonchev–Trinajstić information content (AvgIpc) is 1.63. The summed E-state index contributed by atoms with van der Waals surface area (Å²) in [5.41, 5.74) is 1.41. The second-order valence-electron chi connectivity index (χ2n) is 2.96. The van der Waals surface area contributed by atoms with E-state index in [4.69, 9.17) is 0 Å². The van der Waals surface area contributed by atoms with Gasteiger partial charge in [0.2, 0.25) is 0 Å². The Morgan fingerprint density at radius 1 is 1.56 bits per heavy atom. The van der Waals surface area contributed by atoms with Crippen LogP contribution in [0.4, 0.5) is 0 Å². The van der Waals surface area contributed by atoms with E-state index in [-0.39, 0.29) is 0 Å². The summed E-state index contributed by atoms with van der Waals surface area (Å²) in [6.07, 6.45) is 4.67. The highest BCUT2D eigenvalue weighted by atomic mass is 14.0. The van der Waals surface area contributed by atoms with Gasteiger partial charge >= 0.3 is 0 Å². The molecule has 9 heavy (non-hydrogen) atoms. The Morgan fingerprint density at radius 2 is 2.11 bits per heavy atom. The largest absolute Gasteiger partial charge is 0.0859 e. The van der Waals surface area contributed by atoms with Gasteiger partial charge in [0.15, 0.2) is 0 Å². The van der Waals surface area contributed by atoms with E-state index in [9.17, 15) is 0 Å². The highest BCUT2D eigenvalue weighted by Gasteiger charge is 1.89. The van der Waals surface area contributed by atoms with Crippen LogP contribution in [0, 0.1) is 12.8 Å². The van der Waals surface area contributed by atoms with Crippen LogP contribution >= 0.6 is 0 Å². The number of allylic oxidation sites excluding steroid dienone is 2. The zero-order valence-electron chi connectivity index (χ0n) is 6.78. The van der Waals surface area contributed by atoms with Gasteiger partial charge in [-0.1, -0.05) is 25.5 Å². The minimum atomic E-state index is 0.598. The highest BCUT2D eigenvalue weighted by molar-refractivity contribution is 4.92. The van der Waals surface area contributed by atoms with Crippen molar-refractivity contribution in [2.24, 2.45) is 5.92 Å². The molecule has 0 heteroatoms. The normalized spacial score (nSPS) is 9.89. The minimum absolute atomic E-state index is 0.598. The predicted molar refractivity (Wildman–Crippen MR) is 43.2 cm³/mol. The maximum atomic E-state index is 3.91. The molecule has 0 aliphatic rings. The van der Waals surface area contributed by atoms with Crippen LogP contribution in [0.25, 0.3) is 0 Å². The number of rotatable bonds is 3. The molecule has 0 nitrogen and oxygen atoms in total. The summed E-state index contributed by atoms with van der Waals surface area (Å²) in [5.74, 6) is 0.598. The van der Waals surface area contributed by atoms with Crippen molar-refractivity contribution in [3.05, 3.63) is 18.6 Å². The molecule has 0 saturated heterocycles. The molecule has 0 aromatic heterocycles. The Labute approximate surface area is 59.0 Å². The quantitative estimate of drug-likeness (QED) is 0.508. The lowest BCUT2D eigenvalue weighted by Gasteiger charge is -1.98. The van der Waals surface area contributed by atoms with Crippen LogP contribution in [-0.2, 0) is 0 Å². The number of hydrogen-bond acceptors (Lipinski definition) is 0. The molecule has 1 atom stereocenters. The maximum absolute atomic E-state index is 3.91. The summed E-state index contributed by atoms with van der Waals surface area (Å²) in [7, 11) is 0. The first-order valence-corrected chi connectivity index (χ1v) is 3.59. The summed E-state index contributed by atoms with van der Waals surface area (Å²) < 4.78 is 0. The van der Waals surface area contributed by atoms with Gasteiger partial charge in [-0.15, -0.1) is 0 Å². The molecule has 0 aliphatic carbocycles. The molecule has 0 bridgehead atoms.